The predicted molar refractivity (Wildman–Crippen MR) is 72.4 cm³/mol. The van der Waals surface area contributed by atoms with Gasteiger partial charge in [0.1, 0.15) is 0 Å². The van der Waals surface area contributed by atoms with Crippen LogP contribution in [0.1, 0.15) is 51.4 Å². The standard InChI is InChI=1S/C15H24N2O2/c18-14(16-13-3-1-2-4-13)11-7-9-17(10-8-11)15(19)12-5-6-12/h11-13H,1-10H2,(H,16,18). The zero-order valence-corrected chi connectivity index (χ0v) is 11.6. The normalized spacial score (nSPS) is 25.6. The van der Waals surface area contributed by atoms with Gasteiger partial charge in [-0.1, -0.05) is 12.8 Å². The lowest BCUT2D eigenvalue weighted by Crippen LogP contribution is -2.45. The van der Waals surface area contributed by atoms with Crippen molar-refractivity contribution in [2.75, 3.05) is 13.1 Å². The Morgan fingerprint density at radius 2 is 1.47 bits per heavy atom. The van der Waals surface area contributed by atoms with Crippen molar-refractivity contribution in [1.29, 1.82) is 0 Å². The minimum Gasteiger partial charge on any atom is -0.353 e. The van der Waals surface area contributed by atoms with Gasteiger partial charge in [-0.3, -0.25) is 9.59 Å². The molecule has 3 rings (SSSR count). The van der Waals surface area contributed by atoms with Gasteiger partial charge in [0.25, 0.3) is 0 Å². The molecule has 19 heavy (non-hydrogen) atoms. The monoisotopic (exact) mass is 264 g/mol. The fraction of sp³-hybridized carbons (Fsp3) is 0.867. The first kappa shape index (κ1) is 12.9. The molecule has 4 nitrogen and oxygen atoms in total. The first-order valence-corrected chi connectivity index (χ1v) is 7.83. The van der Waals surface area contributed by atoms with E-state index in [0.717, 1.165) is 51.6 Å². The quantitative estimate of drug-likeness (QED) is 0.843. The molecule has 4 heteroatoms. The van der Waals surface area contributed by atoms with Gasteiger partial charge in [0.15, 0.2) is 0 Å². The van der Waals surface area contributed by atoms with E-state index in [2.05, 4.69) is 5.32 Å². The van der Waals surface area contributed by atoms with Gasteiger partial charge in [0.2, 0.25) is 11.8 Å². The topological polar surface area (TPSA) is 49.4 Å². The van der Waals surface area contributed by atoms with Gasteiger partial charge >= 0.3 is 0 Å². The molecule has 3 aliphatic rings. The summed E-state index contributed by atoms with van der Waals surface area (Å²) in [4.78, 5) is 26.1. The Morgan fingerprint density at radius 1 is 0.842 bits per heavy atom. The van der Waals surface area contributed by atoms with Crippen LogP contribution in [0.15, 0.2) is 0 Å². The van der Waals surface area contributed by atoms with Gasteiger partial charge in [-0.2, -0.15) is 0 Å². The van der Waals surface area contributed by atoms with Crippen LogP contribution in [-0.2, 0) is 9.59 Å². The molecule has 2 aliphatic carbocycles. The van der Waals surface area contributed by atoms with Crippen molar-refractivity contribution in [3.63, 3.8) is 0 Å². The minimum absolute atomic E-state index is 0.129. The Hall–Kier alpha value is -1.06. The van der Waals surface area contributed by atoms with Gasteiger partial charge in [-0.25, -0.2) is 0 Å². The summed E-state index contributed by atoms with van der Waals surface area (Å²) in [6.07, 6.45) is 8.62. The average molecular weight is 264 g/mol. The lowest BCUT2D eigenvalue weighted by atomic mass is 9.95. The highest BCUT2D eigenvalue weighted by Crippen LogP contribution is 2.32. The molecule has 0 aromatic heterocycles. The fourth-order valence-electron chi connectivity index (χ4n) is 3.34. The van der Waals surface area contributed by atoms with Gasteiger partial charge in [-0.05, 0) is 38.5 Å². The molecule has 1 N–H and O–H groups in total. The Bertz CT molecular complexity index is 351. The summed E-state index contributed by atoms with van der Waals surface area (Å²) in [5, 5.41) is 3.19. The summed E-state index contributed by atoms with van der Waals surface area (Å²) in [5.74, 6) is 0.993. The maximum absolute atomic E-state index is 12.2. The van der Waals surface area contributed by atoms with Crippen LogP contribution in [0.5, 0.6) is 0 Å². The Morgan fingerprint density at radius 3 is 2.05 bits per heavy atom. The van der Waals surface area contributed by atoms with Crippen LogP contribution in [0.25, 0.3) is 0 Å². The Labute approximate surface area is 114 Å². The highest BCUT2D eigenvalue weighted by molar-refractivity contribution is 5.82. The van der Waals surface area contributed by atoms with Crippen molar-refractivity contribution < 1.29 is 9.59 Å². The van der Waals surface area contributed by atoms with Crippen LogP contribution in [-0.4, -0.2) is 35.8 Å². The van der Waals surface area contributed by atoms with Crippen molar-refractivity contribution in [3.05, 3.63) is 0 Å². The number of rotatable bonds is 3. The average Bonchev–Trinajstić information content (AvgIpc) is 3.17. The third-order valence-corrected chi connectivity index (χ3v) is 4.81. The van der Waals surface area contributed by atoms with E-state index in [1.807, 2.05) is 4.90 Å². The van der Waals surface area contributed by atoms with Crippen molar-refractivity contribution in [1.82, 2.24) is 10.2 Å². The lowest BCUT2D eigenvalue weighted by molar-refractivity contribution is -0.136. The zero-order chi connectivity index (χ0) is 13.2. The van der Waals surface area contributed by atoms with E-state index in [-0.39, 0.29) is 11.8 Å². The van der Waals surface area contributed by atoms with Crippen molar-refractivity contribution in [2.24, 2.45) is 11.8 Å². The Kier molecular flexibility index (Phi) is 3.76. The van der Waals surface area contributed by atoms with E-state index in [0.29, 0.717) is 17.9 Å². The molecule has 0 aromatic rings. The fourth-order valence-corrected chi connectivity index (χ4v) is 3.34. The molecule has 1 heterocycles. The first-order valence-electron chi connectivity index (χ1n) is 7.83. The zero-order valence-electron chi connectivity index (χ0n) is 11.6. The van der Waals surface area contributed by atoms with Gasteiger partial charge < -0.3 is 10.2 Å². The third-order valence-electron chi connectivity index (χ3n) is 4.81. The molecule has 0 radical (unpaired) electrons. The van der Waals surface area contributed by atoms with Crippen LogP contribution >= 0.6 is 0 Å². The number of piperidine rings is 1. The van der Waals surface area contributed by atoms with Gasteiger partial charge in [-0.15, -0.1) is 0 Å². The van der Waals surface area contributed by atoms with E-state index < -0.39 is 0 Å². The van der Waals surface area contributed by atoms with Crippen LogP contribution in [0.2, 0.25) is 0 Å². The molecule has 1 aliphatic heterocycles. The van der Waals surface area contributed by atoms with E-state index >= 15 is 0 Å². The predicted octanol–water partition coefficient (Wildman–Crippen LogP) is 1.69. The highest BCUT2D eigenvalue weighted by atomic mass is 16.2. The lowest BCUT2D eigenvalue weighted by Gasteiger charge is -2.32. The molecule has 0 atom stereocenters. The number of amides is 2. The van der Waals surface area contributed by atoms with Crippen LogP contribution in [0, 0.1) is 11.8 Å². The van der Waals surface area contributed by atoms with E-state index in [4.69, 9.17) is 0 Å². The maximum atomic E-state index is 12.2. The SMILES string of the molecule is O=C(NC1CCCC1)C1CCN(C(=O)C2CC2)CC1. The molecular weight excluding hydrogens is 240 g/mol. The smallest absolute Gasteiger partial charge is 0.225 e. The second-order valence-electron chi connectivity index (χ2n) is 6.36. The van der Waals surface area contributed by atoms with Crippen LogP contribution in [0.3, 0.4) is 0 Å². The molecular formula is C15H24N2O2. The van der Waals surface area contributed by atoms with Crippen molar-refractivity contribution in [2.45, 2.75) is 57.4 Å². The molecule has 0 bridgehead atoms. The molecule has 2 amide bonds. The van der Waals surface area contributed by atoms with Crippen molar-refractivity contribution in [3.8, 4) is 0 Å². The number of hydrogen-bond acceptors (Lipinski definition) is 2. The number of carbonyl (C=O) groups excluding carboxylic acids is 2. The molecule has 0 aromatic carbocycles. The summed E-state index contributed by atoms with van der Waals surface area (Å²) in [5.41, 5.74) is 0. The van der Waals surface area contributed by atoms with Crippen LogP contribution < -0.4 is 5.32 Å². The van der Waals surface area contributed by atoms with Gasteiger partial charge in [0.05, 0.1) is 0 Å². The molecule has 0 unspecified atom stereocenters. The highest BCUT2D eigenvalue weighted by Gasteiger charge is 2.36. The summed E-state index contributed by atoms with van der Waals surface area (Å²) < 4.78 is 0. The maximum Gasteiger partial charge on any atom is 0.225 e. The Balaban J connectivity index is 1.43. The molecule has 3 fully saturated rings. The second kappa shape index (κ2) is 5.51. The number of hydrogen-bond donors (Lipinski definition) is 1. The summed E-state index contributed by atoms with van der Waals surface area (Å²) >= 11 is 0. The number of likely N-dealkylation sites (tertiary alicyclic amines) is 1. The molecule has 2 saturated carbocycles. The molecule has 106 valence electrons. The van der Waals surface area contributed by atoms with E-state index in [1.165, 1.54) is 12.8 Å². The second-order valence-corrected chi connectivity index (χ2v) is 6.36. The summed E-state index contributed by atoms with van der Waals surface area (Å²) in [6.45, 7) is 1.55. The van der Waals surface area contributed by atoms with Crippen molar-refractivity contribution >= 4 is 11.8 Å². The first-order chi connectivity index (χ1) is 9.24. The largest absolute Gasteiger partial charge is 0.353 e. The molecule has 1 saturated heterocycles. The molecule has 0 spiro atoms. The summed E-state index contributed by atoms with van der Waals surface area (Å²) in [6, 6.07) is 0.415. The van der Waals surface area contributed by atoms with Gasteiger partial charge in [0, 0.05) is 31.0 Å². The summed E-state index contributed by atoms with van der Waals surface area (Å²) in [7, 11) is 0. The number of nitrogens with one attached hydrogen (secondary N) is 1. The van der Waals surface area contributed by atoms with E-state index in [9.17, 15) is 9.59 Å². The van der Waals surface area contributed by atoms with E-state index in [1.54, 1.807) is 0 Å². The third kappa shape index (κ3) is 3.10. The van der Waals surface area contributed by atoms with Crippen LogP contribution in [0.4, 0.5) is 0 Å². The minimum atomic E-state index is 0.129. The number of nitrogens with zero attached hydrogens (tertiary/aromatic N) is 1. The number of carbonyl (C=O) groups is 2.